The van der Waals surface area contributed by atoms with Gasteiger partial charge in [0.25, 0.3) is 0 Å². The molecule has 0 atom stereocenters. The van der Waals surface area contributed by atoms with Crippen LogP contribution in [0.1, 0.15) is 21.1 Å². The number of furan rings is 2. The smallest absolute Gasteiger partial charge is 0.371 e. The Morgan fingerprint density at radius 1 is 1.20 bits per heavy atom. The predicted octanol–water partition coefficient (Wildman–Crippen LogP) is 2.07. The van der Waals surface area contributed by atoms with Gasteiger partial charge in [-0.2, -0.15) is 0 Å². The second-order valence-electron chi connectivity index (χ2n) is 2.42. The standard InChI is InChI=1S/C5H4O3.C5H4O2/c6-5(7)4-2-1-3-8-4;6-4-5-2-1-3-7-5/h1-3H,(H,6,7);1-4H. The molecule has 0 bridgehead atoms. The van der Waals surface area contributed by atoms with Crippen molar-refractivity contribution in [3.63, 3.8) is 0 Å². The Kier molecular flexibility index (Phi) is 3.91. The first-order chi connectivity index (χ1) is 7.24. The van der Waals surface area contributed by atoms with Crippen LogP contribution in [0.15, 0.2) is 45.6 Å². The van der Waals surface area contributed by atoms with Crippen LogP contribution in [0.3, 0.4) is 0 Å². The van der Waals surface area contributed by atoms with Crippen molar-refractivity contribution in [2.45, 2.75) is 0 Å². The summed E-state index contributed by atoms with van der Waals surface area (Å²) in [6, 6.07) is 6.20. The molecule has 2 heterocycles. The number of carboxylic acid groups (broad SMARTS) is 1. The Labute approximate surface area is 84.9 Å². The van der Waals surface area contributed by atoms with Crippen molar-refractivity contribution < 1.29 is 23.5 Å². The highest BCUT2D eigenvalue weighted by Gasteiger charge is 2.01. The molecule has 2 aromatic heterocycles. The lowest BCUT2D eigenvalue weighted by atomic mass is 10.5. The second-order valence-corrected chi connectivity index (χ2v) is 2.42. The first-order valence-electron chi connectivity index (χ1n) is 3.99. The van der Waals surface area contributed by atoms with Crippen molar-refractivity contribution in [3.8, 4) is 0 Å². The van der Waals surface area contributed by atoms with Crippen molar-refractivity contribution >= 4 is 12.3 Å². The number of carbonyl (C=O) groups is 2. The molecule has 2 rings (SSSR count). The third-order valence-electron chi connectivity index (χ3n) is 1.39. The van der Waals surface area contributed by atoms with Gasteiger partial charge in [-0.15, -0.1) is 0 Å². The molecular weight excluding hydrogens is 200 g/mol. The number of hydrogen-bond acceptors (Lipinski definition) is 4. The van der Waals surface area contributed by atoms with Crippen LogP contribution < -0.4 is 0 Å². The summed E-state index contributed by atoms with van der Waals surface area (Å²) in [5.74, 6) is -0.681. The summed E-state index contributed by atoms with van der Waals surface area (Å²) in [6.07, 6.45) is 3.45. The molecule has 0 unspecified atom stereocenters. The lowest BCUT2D eigenvalue weighted by Crippen LogP contribution is -1.90. The van der Waals surface area contributed by atoms with E-state index in [0.29, 0.717) is 12.0 Å². The minimum absolute atomic E-state index is 0.0231. The van der Waals surface area contributed by atoms with Gasteiger partial charge in [0.15, 0.2) is 12.0 Å². The van der Waals surface area contributed by atoms with E-state index >= 15 is 0 Å². The van der Waals surface area contributed by atoms with Gasteiger partial charge in [-0.1, -0.05) is 0 Å². The third kappa shape index (κ3) is 3.51. The molecule has 0 aliphatic carbocycles. The highest BCUT2D eigenvalue weighted by molar-refractivity contribution is 5.84. The Morgan fingerprint density at radius 2 is 1.87 bits per heavy atom. The van der Waals surface area contributed by atoms with Gasteiger partial charge in [0.05, 0.1) is 12.5 Å². The summed E-state index contributed by atoms with van der Waals surface area (Å²) in [7, 11) is 0. The third-order valence-corrected chi connectivity index (χ3v) is 1.39. The Morgan fingerprint density at radius 3 is 2.13 bits per heavy atom. The minimum atomic E-state index is -1.03. The van der Waals surface area contributed by atoms with Crippen LogP contribution in [0, 0.1) is 0 Å². The maximum absolute atomic E-state index is 9.97. The van der Waals surface area contributed by atoms with Gasteiger partial charge in [-0.3, -0.25) is 4.79 Å². The zero-order chi connectivity index (χ0) is 11.1. The van der Waals surface area contributed by atoms with E-state index in [4.69, 9.17) is 5.11 Å². The van der Waals surface area contributed by atoms with E-state index in [9.17, 15) is 9.59 Å². The van der Waals surface area contributed by atoms with Crippen LogP contribution in [0.4, 0.5) is 0 Å². The van der Waals surface area contributed by atoms with Crippen LogP contribution in [-0.4, -0.2) is 17.4 Å². The average Bonchev–Trinajstić information content (AvgIpc) is 2.92. The highest BCUT2D eigenvalue weighted by Crippen LogP contribution is 1.97. The number of hydrogen-bond donors (Lipinski definition) is 1. The van der Waals surface area contributed by atoms with E-state index in [-0.39, 0.29) is 5.76 Å². The van der Waals surface area contributed by atoms with E-state index in [1.165, 1.54) is 24.7 Å². The fourth-order valence-corrected chi connectivity index (χ4v) is 0.759. The summed E-state index contributed by atoms with van der Waals surface area (Å²) in [5, 5.41) is 8.18. The quantitative estimate of drug-likeness (QED) is 0.764. The Bertz CT molecular complexity index is 399. The van der Waals surface area contributed by atoms with Gasteiger partial charge in [-0.05, 0) is 24.3 Å². The van der Waals surface area contributed by atoms with Gasteiger partial charge < -0.3 is 13.9 Å². The molecule has 15 heavy (non-hydrogen) atoms. The molecule has 0 fully saturated rings. The highest BCUT2D eigenvalue weighted by atomic mass is 16.4. The number of rotatable bonds is 2. The minimum Gasteiger partial charge on any atom is -0.475 e. The van der Waals surface area contributed by atoms with E-state index in [1.807, 2.05) is 0 Å². The zero-order valence-electron chi connectivity index (χ0n) is 7.62. The van der Waals surface area contributed by atoms with Gasteiger partial charge in [0, 0.05) is 0 Å². The van der Waals surface area contributed by atoms with Gasteiger partial charge in [-0.25, -0.2) is 4.79 Å². The van der Waals surface area contributed by atoms with Crippen molar-refractivity contribution in [2.75, 3.05) is 0 Å². The van der Waals surface area contributed by atoms with Crippen LogP contribution in [0.25, 0.3) is 0 Å². The lowest BCUT2D eigenvalue weighted by molar-refractivity contribution is 0.0662. The molecule has 0 spiro atoms. The van der Waals surface area contributed by atoms with E-state index in [1.54, 1.807) is 12.1 Å². The van der Waals surface area contributed by atoms with E-state index < -0.39 is 5.97 Å². The fraction of sp³-hybridized carbons (Fsp3) is 0. The molecule has 2 aromatic rings. The number of carboxylic acids is 1. The fourth-order valence-electron chi connectivity index (χ4n) is 0.759. The summed E-state index contributed by atoms with van der Waals surface area (Å²) in [5.41, 5.74) is 0. The van der Waals surface area contributed by atoms with E-state index in [0.717, 1.165) is 0 Å². The molecule has 0 aliphatic heterocycles. The summed E-state index contributed by atoms with van der Waals surface area (Å²) >= 11 is 0. The monoisotopic (exact) mass is 208 g/mol. The molecule has 1 N–H and O–H groups in total. The van der Waals surface area contributed by atoms with Gasteiger partial charge >= 0.3 is 5.97 Å². The van der Waals surface area contributed by atoms with Crippen LogP contribution in [0.2, 0.25) is 0 Å². The molecule has 0 saturated carbocycles. The first-order valence-corrected chi connectivity index (χ1v) is 3.99. The summed E-state index contributed by atoms with van der Waals surface area (Å²) in [6.45, 7) is 0. The molecule has 0 amide bonds. The normalized spacial score (nSPS) is 8.80. The second kappa shape index (κ2) is 5.43. The van der Waals surface area contributed by atoms with E-state index in [2.05, 4.69) is 8.83 Å². The SMILES string of the molecule is O=C(O)c1ccco1.O=Cc1ccco1. The number of carbonyl (C=O) groups excluding carboxylic acids is 1. The molecule has 0 radical (unpaired) electrons. The van der Waals surface area contributed by atoms with Crippen molar-refractivity contribution in [1.29, 1.82) is 0 Å². The predicted molar refractivity (Wildman–Crippen MR) is 49.8 cm³/mol. The molecule has 0 aromatic carbocycles. The van der Waals surface area contributed by atoms with Crippen molar-refractivity contribution in [1.82, 2.24) is 0 Å². The topological polar surface area (TPSA) is 80.6 Å². The average molecular weight is 208 g/mol. The number of aromatic carboxylic acids is 1. The number of aldehydes is 1. The largest absolute Gasteiger partial charge is 0.475 e. The van der Waals surface area contributed by atoms with Crippen LogP contribution in [0.5, 0.6) is 0 Å². The van der Waals surface area contributed by atoms with Crippen molar-refractivity contribution in [3.05, 3.63) is 48.3 Å². The zero-order valence-corrected chi connectivity index (χ0v) is 7.62. The molecule has 5 nitrogen and oxygen atoms in total. The Balaban J connectivity index is 0.000000151. The maximum atomic E-state index is 9.97. The van der Waals surface area contributed by atoms with Crippen LogP contribution in [-0.2, 0) is 0 Å². The van der Waals surface area contributed by atoms with Crippen LogP contribution >= 0.6 is 0 Å². The molecule has 5 heteroatoms. The summed E-state index contributed by atoms with van der Waals surface area (Å²) in [4.78, 5) is 19.7. The first kappa shape index (κ1) is 10.8. The molecule has 0 aliphatic rings. The molecule has 0 saturated heterocycles. The van der Waals surface area contributed by atoms with Crippen molar-refractivity contribution in [2.24, 2.45) is 0 Å². The Hall–Kier alpha value is -2.30. The molecule has 78 valence electrons. The van der Waals surface area contributed by atoms with Gasteiger partial charge in [0.2, 0.25) is 5.76 Å². The molecular formula is C10H8O5. The van der Waals surface area contributed by atoms with Gasteiger partial charge in [0.1, 0.15) is 0 Å². The summed E-state index contributed by atoms with van der Waals surface area (Å²) < 4.78 is 9.11. The maximum Gasteiger partial charge on any atom is 0.371 e. The lowest BCUT2D eigenvalue weighted by Gasteiger charge is -1.79.